The molecule has 0 aliphatic carbocycles. The normalized spacial score (nSPS) is 13.5. The van der Waals surface area contributed by atoms with E-state index in [-0.39, 0.29) is 18.9 Å². The summed E-state index contributed by atoms with van der Waals surface area (Å²) in [5.74, 6) is -0.145. The van der Waals surface area contributed by atoms with Gasteiger partial charge in [-0.2, -0.15) is 12.7 Å². The van der Waals surface area contributed by atoms with Crippen LogP contribution in [0, 0.1) is 0 Å². The van der Waals surface area contributed by atoms with Gasteiger partial charge in [0.05, 0.1) is 6.54 Å². The Hall–Kier alpha value is -0.860. The van der Waals surface area contributed by atoms with Crippen LogP contribution in [-0.2, 0) is 10.2 Å². The first-order chi connectivity index (χ1) is 6.47. The second kappa shape index (κ2) is 5.78. The van der Waals surface area contributed by atoms with E-state index in [1.807, 2.05) is 0 Å². The van der Waals surface area contributed by atoms with Crippen LogP contribution in [0.25, 0.3) is 0 Å². The summed E-state index contributed by atoms with van der Waals surface area (Å²) in [5, 5.41) is 11.0. The van der Waals surface area contributed by atoms with Gasteiger partial charge in [-0.3, -0.25) is 0 Å². The number of nitrogens with zero attached hydrogens (tertiary/aromatic N) is 2. The van der Waals surface area contributed by atoms with Crippen molar-refractivity contribution in [3.05, 3.63) is 0 Å². The smallest absolute Gasteiger partial charge is 0.279 e. The van der Waals surface area contributed by atoms with E-state index >= 15 is 0 Å². The van der Waals surface area contributed by atoms with Crippen LogP contribution in [0.1, 0.15) is 13.8 Å². The van der Waals surface area contributed by atoms with Crippen molar-refractivity contribution in [3.8, 4) is 0 Å². The summed E-state index contributed by atoms with van der Waals surface area (Å²) < 4.78 is 26.3. The van der Waals surface area contributed by atoms with Crippen LogP contribution in [0.4, 0.5) is 0 Å². The molecular weight excluding hydrogens is 208 g/mol. The maximum Gasteiger partial charge on any atom is 0.279 e. The molecule has 0 unspecified atom stereocenters. The third-order valence-electron chi connectivity index (χ3n) is 1.49. The Balaban J connectivity index is 4.56. The van der Waals surface area contributed by atoms with E-state index in [2.05, 4.69) is 9.88 Å². The molecule has 0 amide bonds. The van der Waals surface area contributed by atoms with Crippen molar-refractivity contribution in [3.63, 3.8) is 0 Å². The molecule has 4 N–H and O–H groups in total. The van der Waals surface area contributed by atoms with Gasteiger partial charge in [0.25, 0.3) is 10.2 Å². The number of hydrogen-bond donors (Lipinski definition) is 3. The average Bonchev–Trinajstić information content (AvgIpc) is 2.13. The second-order valence-corrected chi connectivity index (χ2v) is 4.28. The van der Waals surface area contributed by atoms with Crippen molar-refractivity contribution in [1.82, 2.24) is 9.03 Å². The first kappa shape index (κ1) is 13.1. The number of nitrogens with one attached hydrogen (secondary N) is 1. The molecule has 0 aromatic heterocycles. The molecule has 0 heterocycles. The minimum absolute atomic E-state index is 0.123. The van der Waals surface area contributed by atoms with Gasteiger partial charge in [0.15, 0.2) is 5.84 Å². The Kier molecular flexibility index (Phi) is 5.43. The van der Waals surface area contributed by atoms with E-state index in [4.69, 9.17) is 10.9 Å². The van der Waals surface area contributed by atoms with Gasteiger partial charge in [-0.1, -0.05) is 19.0 Å². The van der Waals surface area contributed by atoms with Crippen LogP contribution in [-0.4, -0.2) is 43.4 Å². The Labute approximate surface area is 83.8 Å². The Morgan fingerprint density at radius 1 is 1.57 bits per heavy atom. The molecule has 0 saturated heterocycles. The molecule has 8 heteroatoms. The van der Waals surface area contributed by atoms with Gasteiger partial charge in [-0.15, -0.1) is 0 Å². The van der Waals surface area contributed by atoms with Gasteiger partial charge < -0.3 is 10.9 Å². The highest BCUT2D eigenvalue weighted by atomic mass is 32.2. The lowest BCUT2D eigenvalue weighted by atomic mass is 10.6. The number of oxime groups is 1. The summed E-state index contributed by atoms with van der Waals surface area (Å²) >= 11 is 0. The number of rotatable bonds is 6. The SMILES string of the molecule is CCNS(=O)(=O)N(CC)CC(N)=NO. The molecule has 0 rings (SSSR count). The predicted molar refractivity (Wildman–Crippen MR) is 53.3 cm³/mol. The van der Waals surface area contributed by atoms with Gasteiger partial charge >= 0.3 is 0 Å². The molecule has 14 heavy (non-hydrogen) atoms. The molecule has 0 aliphatic heterocycles. The Morgan fingerprint density at radius 2 is 2.14 bits per heavy atom. The van der Waals surface area contributed by atoms with E-state index in [9.17, 15) is 8.42 Å². The minimum Gasteiger partial charge on any atom is -0.409 e. The number of likely N-dealkylation sites (N-methyl/N-ethyl adjacent to an activating group) is 1. The summed E-state index contributed by atoms with van der Waals surface area (Å²) in [5.41, 5.74) is 5.21. The fraction of sp³-hybridized carbons (Fsp3) is 0.833. The molecular formula is C6H16N4O3S. The summed E-state index contributed by atoms with van der Waals surface area (Å²) in [6, 6.07) is 0. The largest absolute Gasteiger partial charge is 0.409 e. The van der Waals surface area contributed by atoms with Gasteiger partial charge in [0.1, 0.15) is 0 Å². The fourth-order valence-electron chi connectivity index (χ4n) is 0.853. The maximum absolute atomic E-state index is 11.4. The van der Waals surface area contributed by atoms with Crippen LogP contribution in [0.2, 0.25) is 0 Å². The Morgan fingerprint density at radius 3 is 2.50 bits per heavy atom. The zero-order chi connectivity index (χ0) is 11.2. The first-order valence-electron chi connectivity index (χ1n) is 4.19. The molecule has 0 atom stereocenters. The molecule has 0 aromatic carbocycles. The quantitative estimate of drug-likeness (QED) is 0.230. The van der Waals surface area contributed by atoms with Gasteiger partial charge in [-0.05, 0) is 0 Å². The van der Waals surface area contributed by atoms with Crippen molar-refractivity contribution >= 4 is 16.0 Å². The standard InChI is InChI=1S/C6H16N4O3S/c1-3-8-14(12,13)10(4-2)5-6(7)9-11/h8,11H,3-5H2,1-2H3,(H2,7,9). The van der Waals surface area contributed by atoms with Gasteiger partial charge in [0.2, 0.25) is 0 Å². The summed E-state index contributed by atoms with van der Waals surface area (Å²) in [6.07, 6.45) is 0. The van der Waals surface area contributed by atoms with Gasteiger partial charge in [-0.25, -0.2) is 4.72 Å². The van der Waals surface area contributed by atoms with Crippen molar-refractivity contribution in [2.75, 3.05) is 19.6 Å². The van der Waals surface area contributed by atoms with Crippen LogP contribution >= 0.6 is 0 Å². The summed E-state index contributed by atoms with van der Waals surface area (Å²) in [4.78, 5) is 0. The second-order valence-electron chi connectivity index (χ2n) is 2.52. The van der Waals surface area contributed by atoms with Crippen LogP contribution in [0.15, 0.2) is 5.16 Å². The molecule has 84 valence electrons. The van der Waals surface area contributed by atoms with Crippen molar-refractivity contribution in [1.29, 1.82) is 0 Å². The maximum atomic E-state index is 11.4. The van der Waals surface area contributed by atoms with Crippen molar-refractivity contribution in [2.45, 2.75) is 13.8 Å². The molecule has 0 radical (unpaired) electrons. The lowest BCUT2D eigenvalue weighted by Crippen LogP contribution is -2.44. The van der Waals surface area contributed by atoms with Gasteiger partial charge in [0, 0.05) is 13.1 Å². The molecule has 0 aromatic rings. The highest BCUT2D eigenvalue weighted by Gasteiger charge is 2.19. The predicted octanol–water partition coefficient (Wildman–Crippen LogP) is -1.09. The monoisotopic (exact) mass is 224 g/mol. The molecule has 0 spiro atoms. The minimum atomic E-state index is -3.52. The zero-order valence-electron chi connectivity index (χ0n) is 8.27. The van der Waals surface area contributed by atoms with E-state index in [1.165, 1.54) is 0 Å². The fourth-order valence-corrected chi connectivity index (χ4v) is 2.04. The lowest BCUT2D eigenvalue weighted by molar-refractivity contribution is 0.315. The third kappa shape index (κ3) is 3.90. The Bertz CT molecular complexity index is 287. The first-order valence-corrected chi connectivity index (χ1v) is 5.63. The van der Waals surface area contributed by atoms with Crippen LogP contribution < -0.4 is 10.5 Å². The molecule has 0 saturated carbocycles. The van der Waals surface area contributed by atoms with E-state index in [0.717, 1.165) is 4.31 Å². The topological polar surface area (TPSA) is 108 Å². The summed E-state index contributed by atoms with van der Waals surface area (Å²) in [7, 11) is -3.52. The number of hydrogen-bond acceptors (Lipinski definition) is 4. The molecule has 0 bridgehead atoms. The highest BCUT2D eigenvalue weighted by molar-refractivity contribution is 7.87. The lowest BCUT2D eigenvalue weighted by Gasteiger charge is -2.19. The van der Waals surface area contributed by atoms with E-state index in [1.54, 1.807) is 13.8 Å². The molecule has 0 aliphatic rings. The number of amidine groups is 1. The third-order valence-corrected chi connectivity index (χ3v) is 3.21. The van der Waals surface area contributed by atoms with E-state index in [0.29, 0.717) is 6.54 Å². The zero-order valence-corrected chi connectivity index (χ0v) is 9.08. The van der Waals surface area contributed by atoms with E-state index < -0.39 is 10.2 Å². The van der Waals surface area contributed by atoms with Crippen molar-refractivity contribution in [2.24, 2.45) is 10.9 Å². The molecule has 7 nitrogen and oxygen atoms in total. The highest BCUT2D eigenvalue weighted by Crippen LogP contribution is 1.96. The van der Waals surface area contributed by atoms with Crippen LogP contribution in [0.3, 0.4) is 0 Å². The van der Waals surface area contributed by atoms with Crippen LogP contribution in [0.5, 0.6) is 0 Å². The van der Waals surface area contributed by atoms with Crippen molar-refractivity contribution < 1.29 is 13.6 Å². The summed E-state index contributed by atoms with van der Waals surface area (Å²) in [6.45, 7) is 3.78. The number of nitrogens with two attached hydrogens (primary N) is 1. The molecule has 0 fully saturated rings. The average molecular weight is 224 g/mol.